The summed E-state index contributed by atoms with van der Waals surface area (Å²) in [6.45, 7) is 0.690. The lowest BCUT2D eigenvalue weighted by molar-refractivity contribution is 0.945. The summed E-state index contributed by atoms with van der Waals surface area (Å²) in [6, 6.07) is 5.94. The molecule has 0 fully saturated rings. The zero-order valence-corrected chi connectivity index (χ0v) is 8.58. The van der Waals surface area contributed by atoms with Crippen LogP contribution in [0, 0.1) is 0 Å². The lowest BCUT2D eigenvalue weighted by Crippen LogP contribution is -2.03. The van der Waals surface area contributed by atoms with Crippen molar-refractivity contribution in [2.24, 2.45) is 5.73 Å². The minimum absolute atomic E-state index is 0.690. The van der Waals surface area contributed by atoms with Crippen LogP contribution in [0.15, 0.2) is 23.1 Å². The molecule has 12 heavy (non-hydrogen) atoms. The number of hydrogen-bond acceptors (Lipinski definition) is 2. The topological polar surface area (TPSA) is 26.0 Å². The van der Waals surface area contributed by atoms with Crippen LogP contribution < -0.4 is 5.73 Å². The number of benzene rings is 1. The lowest BCUT2D eigenvalue weighted by Gasteiger charge is -2.05. The fourth-order valence-electron chi connectivity index (χ4n) is 1.08. The Morgan fingerprint density at radius 1 is 1.50 bits per heavy atom. The second kappa shape index (κ2) is 4.75. The highest BCUT2D eigenvalue weighted by Gasteiger charge is 2.00. The molecule has 1 aromatic rings. The Hall–Kier alpha value is -0.180. The molecule has 1 aromatic carbocycles. The molecule has 66 valence electrons. The van der Waals surface area contributed by atoms with E-state index in [9.17, 15) is 0 Å². The molecule has 0 heterocycles. The first-order chi connectivity index (χ1) is 5.77. The smallest absolute Gasteiger partial charge is 0.0417 e. The van der Waals surface area contributed by atoms with Crippen LogP contribution in [0.1, 0.15) is 5.56 Å². The van der Waals surface area contributed by atoms with Gasteiger partial charge >= 0.3 is 0 Å². The lowest BCUT2D eigenvalue weighted by atomic mass is 10.1. The summed E-state index contributed by atoms with van der Waals surface area (Å²) >= 11 is 7.56. The van der Waals surface area contributed by atoms with Gasteiger partial charge in [-0.3, -0.25) is 0 Å². The van der Waals surface area contributed by atoms with Crippen molar-refractivity contribution in [1.29, 1.82) is 0 Å². The second-order valence-corrected chi connectivity index (χ2v) is 3.78. The Morgan fingerprint density at radius 3 is 2.83 bits per heavy atom. The van der Waals surface area contributed by atoms with Gasteiger partial charge in [-0.25, -0.2) is 0 Å². The Kier molecular flexibility index (Phi) is 3.92. The molecule has 1 rings (SSSR count). The fraction of sp³-hybridized carbons (Fsp3) is 0.333. The molecule has 2 N–H and O–H groups in total. The number of halogens is 1. The van der Waals surface area contributed by atoms with E-state index >= 15 is 0 Å². The van der Waals surface area contributed by atoms with Gasteiger partial charge in [-0.1, -0.05) is 17.7 Å². The van der Waals surface area contributed by atoms with Crippen LogP contribution in [-0.4, -0.2) is 12.8 Å². The van der Waals surface area contributed by atoms with Crippen molar-refractivity contribution in [1.82, 2.24) is 0 Å². The van der Waals surface area contributed by atoms with Crippen LogP contribution in [0.3, 0.4) is 0 Å². The second-order valence-electron chi connectivity index (χ2n) is 2.49. The summed E-state index contributed by atoms with van der Waals surface area (Å²) in [5.74, 6) is 0. The SMILES string of the molecule is CSc1cc(Cl)ccc1CCN. The predicted octanol–water partition coefficient (Wildman–Crippen LogP) is 2.56. The maximum atomic E-state index is 5.85. The maximum Gasteiger partial charge on any atom is 0.0417 e. The van der Waals surface area contributed by atoms with Crippen LogP contribution in [0.2, 0.25) is 5.02 Å². The Balaban J connectivity index is 2.94. The van der Waals surface area contributed by atoms with Gasteiger partial charge in [0.15, 0.2) is 0 Å². The Labute approximate surface area is 82.3 Å². The molecular formula is C9H12ClNS. The van der Waals surface area contributed by atoms with Gasteiger partial charge in [0, 0.05) is 9.92 Å². The van der Waals surface area contributed by atoms with Crippen molar-refractivity contribution in [3.63, 3.8) is 0 Å². The monoisotopic (exact) mass is 201 g/mol. The van der Waals surface area contributed by atoms with E-state index in [-0.39, 0.29) is 0 Å². The molecule has 0 aliphatic heterocycles. The third-order valence-electron chi connectivity index (χ3n) is 1.66. The minimum Gasteiger partial charge on any atom is -0.330 e. The number of hydrogen-bond donors (Lipinski definition) is 1. The fourth-order valence-corrected chi connectivity index (χ4v) is 1.99. The first-order valence-corrected chi connectivity index (χ1v) is 5.40. The first kappa shape index (κ1) is 9.90. The highest BCUT2D eigenvalue weighted by atomic mass is 35.5. The molecule has 0 aromatic heterocycles. The number of thioether (sulfide) groups is 1. The van der Waals surface area contributed by atoms with Gasteiger partial charge in [-0.05, 0) is 36.9 Å². The molecule has 0 radical (unpaired) electrons. The van der Waals surface area contributed by atoms with E-state index in [2.05, 4.69) is 0 Å². The van der Waals surface area contributed by atoms with Crippen molar-refractivity contribution in [3.8, 4) is 0 Å². The number of rotatable bonds is 3. The van der Waals surface area contributed by atoms with E-state index in [1.54, 1.807) is 11.8 Å². The van der Waals surface area contributed by atoms with E-state index in [0.717, 1.165) is 11.4 Å². The van der Waals surface area contributed by atoms with Crippen molar-refractivity contribution in [2.45, 2.75) is 11.3 Å². The zero-order valence-electron chi connectivity index (χ0n) is 7.01. The molecule has 0 amide bonds. The Bertz CT molecular complexity index is 263. The molecule has 0 aliphatic carbocycles. The summed E-state index contributed by atoms with van der Waals surface area (Å²) in [4.78, 5) is 1.23. The van der Waals surface area contributed by atoms with E-state index in [0.29, 0.717) is 6.54 Å². The van der Waals surface area contributed by atoms with E-state index in [4.69, 9.17) is 17.3 Å². The van der Waals surface area contributed by atoms with Gasteiger partial charge in [-0.2, -0.15) is 0 Å². The minimum atomic E-state index is 0.690. The highest BCUT2D eigenvalue weighted by molar-refractivity contribution is 7.98. The average molecular weight is 202 g/mol. The van der Waals surface area contributed by atoms with E-state index < -0.39 is 0 Å². The van der Waals surface area contributed by atoms with Crippen LogP contribution >= 0.6 is 23.4 Å². The van der Waals surface area contributed by atoms with Crippen LogP contribution in [-0.2, 0) is 6.42 Å². The van der Waals surface area contributed by atoms with Crippen LogP contribution in [0.4, 0.5) is 0 Å². The van der Waals surface area contributed by atoms with Gasteiger partial charge in [0.1, 0.15) is 0 Å². The first-order valence-electron chi connectivity index (χ1n) is 3.80. The van der Waals surface area contributed by atoms with Gasteiger partial charge in [0.2, 0.25) is 0 Å². The van der Waals surface area contributed by atoms with Gasteiger partial charge in [-0.15, -0.1) is 11.8 Å². The normalized spacial score (nSPS) is 10.2. The molecule has 0 saturated carbocycles. The third-order valence-corrected chi connectivity index (χ3v) is 2.72. The quantitative estimate of drug-likeness (QED) is 0.761. The van der Waals surface area contributed by atoms with Crippen molar-refractivity contribution >= 4 is 23.4 Å². The summed E-state index contributed by atoms with van der Waals surface area (Å²) < 4.78 is 0. The average Bonchev–Trinajstić information content (AvgIpc) is 2.08. The molecule has 0 bridgehead atoms. The molecular weight excluding hydrogens is 190 g/mol. The van der Waals surface area contributed by atoms with Crippen molar-refractivity contribution in [2.75, 3.05) is 12.8 Å². The van der Waals surface area contributed by atoms with Crippen molar-refractivity contribution < 1.29 is 0 Å². The molecule has 0 spiro atoms. The predicted molar refractivity (Wildman–Crippen MR) is 56.0 cm³/mol. The molecule has 0 saturated heterocycles. The van der Waals surface area contributed by atoms with E-state index in [1.165, 1.54) is 10.5 Å². The van der Waals surface area contributed by atoms with Gasteiger partial charge < -0.3 is 5.73 Å². The molecule has 0 unspecified atom stereocenters. The summed E-state index contributed by atoms with van der Waals surface area (Å²) in [5.41, 5.74) is 6.77. The van der Waals surface area contributed by atoms with Gasteiger partial charge in [0.25, 0.3) is 0 Å². The molecule has 0 aliphatic rings. The third kappa shape index (κ3) is 2.41. The molecule has 3 heteroatoms. The Morgan fingerprint density at radius 2 is 2.25 bits per heavy atom. The summed E-state index contributed by atoms with van der Waals surface area (Å²) in [6.07, 6.45) is 2.97. The standard InChI is InChI=1S/C9H12ClNS/c1-12-9-6-8(10)3-2-7(9)4-5-11/h2-3,6H,4-5,11H2,1H3. The maximum absolute atomic E-state index is 5.85. The van der Waals surface area contributed by atoms with Crippen LogP contribution in [0.5, 0.6) is 0 Å². The van der Waals surface area contributed by atoms with Crippen LogP contribution in [0.25, 0.3) is 0 Å². The van der Waals surface area contributed by atoms with Gasteiger partial charge in [0.05, 0.1) is 0 Å². The number of nitrogens with two attached hydrogens (primary N) is 1. The summed E-state index contributed by atoms with van der Waals surface area (Å²) in [7, 11) is 0. The highest BCUT2D eigenvalue weighted by Crippen LogP contribution is 2.24. The molecule has 1 nitrogen and oxygen atoms in total. The zero-order chi connectivity index (χ0) is 8.97. The van der Waals surface area contributed by atoms with Crippen molar-refractivity contribution in [3.05, 3.63) is 28.8 Å². The summed E-state index contributed by atoms with van der Waals surface area (Å²) in [5, 5.41) is 0.792. The molecule has 0 atom stereocenters. The largest absolute Gasteiger partial charge is 0.330 e. The van der Waals surface area contributed by atoms with E-state index in [1.807, 2.05) is 24.5 Å².